The predicted octanol–water partition coefficient (Wildman–Crippen LogP) is 4.93. The minimum atomic E-state index is -0.669. The predicted molar refractivity (Wildman–Crippen MR) is 103 cm³/mol. The molecular formula is C21H18F2N4O. The number of fused-ring (bicyclic) bond motifs is 1. The lowest BCUT2D eigenvalue weighted by Gasteiger charge is -2.07. The van der Waals surface area contributed by atoms with Gasteiger partial charge in [-0.05, 0) is 48.4 Å². The van der Waals surface area contributed by atoms with E-state index in [-0.39, 0.29) is 11.4 Å². The molecule has 0 aliphatic rings. The number of nitrogens with one attached hydrogen (secondary N) is 1. The van der Waals surface area contributed by atoms with Gasteiger partial charge in [-0.3, -0.25) is 5.10 Å². The lowest BCUT2D eigenvalue weighted by molar-refractivity contribution is 0.415. The number of ether oxygens (including phenoxy) is 1. The molecule has 5 nitrogen and oxygen atoms in total. The van der Waals surface area contributed by atoms with E-state index in [4.69, 9.17) is 4.74 Å². The molecule has 142 valence electrons. The minimum absolute atomic E-state index is 0.0123. The summed E-state index contributed by atoms with van der Waals surface area (Å²) in [5.41, 5.74) is 2.83. The molecule has 0 amide bonds. The average Bonchev–Trinajstić information content (AvgIpc) is 3.11. The summed E-state index contributed by atoms with van der Waals surface area (Å²) in [7, 11) is 1.59. The van der Waals surface area contributed by atoms with Crippen LogP contribution in [0.5, 0.6) is 5.75 Å². The standard InChI is InChI=1S/C21H18F2N4O/c1-3-4-12-9-15(22)18(16(23)10-12)21-24-11-17-20(25-21)19(27-26-17)13-5-7-14(28-2)8-6-13/h5-11H,3-4H2,1-2H3,(H,26,27). The summed E-state index contributed by atoms with van der Waals surface area (Å²) in [6.07, 6.45) is 2.90. The van der Waals surface area contributed by atoms with Crippen molar-refractivity contribution in [3.8, 4) is 28.4 Å². The van der Waals surface area contributed by atoms with Crippen LogP contribution in [0.15, 0.2) is 42.6 Å². The van der Waals surface area contributed by atoms with E-state index < -0.39 is 11.6 Å². The van der Waals surface area contributed by atoms with Crippen molar-refractivity contribution in [3.05, 3.63) is 59.8 Å². The first-order valence-electron chi connectivity index (χ1n) is 8.94. The lowest BCUT2D eigenvalue weighted by Crippen LogP contribution is -1.98. The summed E-state index contributed by atoms with van der Waals surface area (Å²) >= 11 is 0. The molecular weight excluding hydrogens is 362 g/mol. The molecule has 0 saturated heterocycles. The second-order valence-corrected chi connectivity index (χ2v) is 6.44. The molecule has 0 unspecified atom stereocenters. The van der Waals surface area contributed by atoms with Crippen molar-refractivity contribution in [1.82, 2.24) is 20.2 Å². The van der Waals surface area contributed by atoms with Crippen LogP contribution in [-0.4, -0.2) is 27.3 Å². The first kappa shape index (κ1) is 18.0. The molecule has 4 rings (SSSR count). The zero-order valence-corrected chi connectivity index (χ0v) is 15.5. The van der Waals surface area contributed by atoms with Crippen LogP contribution in [0.4, 0.5) is 8.78 Å². The number of methoxy groups -OCH3 is 1. The number of nitrogens with zero attached hydrogens (tertiary/aromatic N) is 3. The Morgan fingerprint density at radius 2 is 1.79 bits per heavy atom. The van der Waals surface area contributed by atoms with Crippen molar-refractivity contribution in [1.29, 1.82) is 0 Å². The molecule has 28 heavy (non-hydrogen) atoms. The number of H-pyrrole nitrogens is 1. The van der Waals surface area contributed by atoms with Crippen LogP contribution in [0.1, 0.15) is 18.9 Å². The number of hydrogen-bond acceptors (Lipinski definition) is 4. The van der Waals surface area contributed by atoms with E-state index >= 15 is 0 Å². The number of rotatable bonds is 5. The van der Waals surface area contributed by atoms with Gasteiger partial charge in [-0.1, -0.05) is 13.3 Å². The second-order valence-electron chi connectivity index (χ2n) is 6.44. The fraction of sp³-hybridized carbons (Fsp3) is 0.190. The minimum Gasteiger partial charge on any atom is -0.497 e. The van der Waals surface area contributed by atoms with Gasteiger partial charge < -0.3 is 4.74 Å². The van der Waals surface area contributed by atoms with E-state index in [0.717, 1.165) is 17.7 Å². The zero-order chi connectivity index (χ0) is 19.7. The summed E-state index contributed by atoms with van der Waals surface area (Å²) in [6, 6.07) is 9.99. The van der Waals surface area contributed by atoms with Crippen molar-refractivity contribution in [3.63, 3.8) is 0 Å². The zero-order valence-electron chi connectivity index (χ0n) is 15.5. The summed E-state index contributed by atoms with van der Waals surface area (Å²) in [4.78, 5) is 8.53. The third-order valence-electron chi connectivity index (χ3n) is 4.53. The van der Waals surface area contributed by atoms with Gasteiger partial charge in [0.05, 0.1) is 18.9 Å². The van der Waals surface area contributed by atoms with E-state index in [2.05, 4.69) is 20.2 Å². The molecule has 7 heteroatoms. The molecule has 2 heterocycles. The largest absolute Gasteiger partial charge is 0.497 e. The van der Waals surface area contributed by atoms with Crippen LogP contribution in [0.3, 0.4) is 0 Å². The van der Waals surface area contributed by atoms with Gasteiger partial charge in [-0.2, -0.15) is 5.10 Å². The molecule has 0 atom stereocenters. The van der Waals surface area contributed by atoms with Crippen LogP contribution >= 0.6 is 0 Å². The fourth-order valence-electron chi connectivity index (χ4n) is 3.16. The molecule has 1 N–H and O–H groups in total. The molecule has 4 aromatic rings. The molecule has 0 spiro atoms. The summed E-state index contributed by atoms with van der Waals surface area (Å²) < 4.78 is 34.4. The molecule has 0 saturated carbocycles. The van der Waals surface area contributed by atoms with Crippen LogP contribution in [0.2, 0.25) is 0 Å². The monoisotopic (exact) mass is 380 g/mol. The Hall–Kier alpha value is -3.35. The summed E-state index contributed by atoms with van der Waals surface area (Å²) in [6.45, 7) is 1.96. The highest BCUT2D eigenvalue weighted by atomic mass is 19.1. The topological polar surface area (TPSA) is 63.7 Å². The first-order chi connectivity index (χ1) is 13.6. The van der Waals surface area contributed by atoms with Crippen LogP contribution < -0.4 is 4.74 Å². The Labute approximate surface area is 160 Å². The van der Waals surface area contributed by atoms with Gasteiger partial charge in [0.2, 0.25) is 0 Å². The Morgan fingerprint density at radius 1 is 1.07 bits per heavy atom. The quantitative estimate of drug-likeness (QED) is 0.533. The van der Waals surface area contributed by atoms with Crippen molar-refractivity contribution in [2.24, 2.45) is 0 Å². The van der Waals surface area contributed by atoms with Crippen LogP contribution in [0, 0.1) is 11.6 Å². The molecule has 0 fully saturated rings. The molecule has 0 bridgehead atoms. The van der Waals surface area contributed by atoms with Gasteiger partial charge >= 0.3 is 0 Å². The third-order valence-corrected chi connectivity index (χ3v) is 4.53. The molecule has 2 aromatic carbocycles. The Bertz CT molecular complexity index is 1120. The summed E-state index contributed by atoms with van der Waals surface area (Å²) in [5.74, 6) is -0.633. The number of aryl methyl sites for hydroxylation is 1. The maximum absolute atomic E-state index is 14.6. The first-order valence-corrected chi connectivity index (χ1v) is 8.94. The molecule has 0 aliphatic carbocycles. The van der Waals surface area contributed by atoms with Crippen molar-refractivity contribution in [2.75, 3.05) is 7.11 Å². The van der Waals surface area contributed by atoms with E-state index in [9.17, 15) is 8.78 Å². The van der Waals surface area contributed by atoms with Gasteiger partial charge in [-0.25, -0.2) is 18.7 Å². The number of aromatic amines is 1. The number of benzene rings is 2. The van der Waals surface area contributed by atoms with Gasteiger partial charge in [-0.15, -0.1) is 0 Å². The number of halogens is 2. The molecule has 0 aliphatic heterocycles. The Kier molecular flexibility index (Phi) is 4.73. The Balaban J connectivity index is 1.82. The van der Waals surface area contributed by atoms with Gasteiger partial charge in [0, 0.05) is 5.56 Å². The van der Waals surface area contributed by atoms with E-state index in [0.29, 0.717) is 28.7 Å². The van der Waals surface area contributed by atoms with Crippen molar-refractivity contribution >= 4 is 11.0 Å². The van der Waals surface area contributed by atoms with Crippen LogP contribution in [-0.2, 0) is 6.42 Å². The van der Waals surface area contributed by atoms with Crippen molar-refractivity contribution in [2.45, 2.75) is 19.8 Å². The smallest absolute Gasteiger partial charge is 0.165 e. The lowest BCUT2D eigenvalue weighted by atomic mass is 10.1. The maximum Gasteiger partial charge on any atom is 0.165 e. The van der Waals surface area contributed by atoms with E-state index in [1.165, 1.54) is 18.3 Å². The van der Waals surface area contributed by atoms with Gasteiger partial charge in [0.1, 0.15) is 34.1 Å². The van der Waals surface area contributed by atoms with Gasteiger partial charge in [0.25, 0.3) is 0 Å². The van der Waals surface area contributed by atoms with Crippen molar-refractivity contribution < 1.29 is 13.5 Å². The normalized spacial score (nSPS) is 11.1. The van der Waals surface area contributed by atoms with Crippen LogP contribution in [0.25, 0.3) is 33.7 Å². The van der Waals surface area contributed by atoms with E-state index in [1.54, 1.807) is 7.11 Å². The molecule has 0 radical (unpaired) electrons. The van der Waals surface area contributed by atoms with Gasteiger partial charge in [0.15, 0.2) is 5.82 Å². The SMILES string of the molecule is CCCc1cc(F)c(-c2ncc3[nH]nc(-c4ccc(OC)cc4)c3n2)c(F)c1. The van der Waals surface area contributed by atoms with E-state index in [1.807, 2.05) is 31.2 Å². The highest BCUT2D eigenvalue weighted by Gasteiger charge is 2.18. The Morgan fingerprint density at radius 3 is 2.43 bits per heavy atom. The highest BCUT2D eigenvalue weighted by Crippen LogP contribution is 2.30. The third kappa shape index (κ3) is 3.19. The highest BCUT2D eigenvalue weighted by molar-refractivity contribution is 5.90. The second kappa shape index (κ2) is 7.34. The molecule has 2 aromatic heterocycles. The number of hydrogen-bond donors (Lipinski definition) is 1. The maximum atomic E-state index is 14.6. The number of aromatic nitrogens is 4. The fourth-order valence-corrected chi connectivity index (χ4v) is 3.16. The average molecular weight is 380 g/mol. The summed E-state index contributed by atoms with van der Waals surface area (Å²) in [5, 5.41) is 7.14.